The Kier molecular flexibility index (Phi) is 3.15. The average molecular weight is 258 g/mol. The summed E-state index contributed by atoms with van der Waals surface area (Å²) in [7, 11) is 0. The van der Waals surface area contributed by atoms with Crippen molar-refractivity contribution in [2.24, 2.45) is 0 Å². The van der Waals surface area contributed by atoms with Crippen molar-refractivity contribution in [2.75, 3.05) is 6.26 Å². The fourth-order valence-corrected chi connectivity index (χ4v) is 2.08. The quantitative estimate of drug-likeness (QED) is 0.829. The van der Waals surface area contributed by atoms with Gasteiger partial charge in [-0.2, -0.15) is 18.3 Å². The Labute approximate surface area is 100 Å². The standard InChI is InChI=1S/C11H9F3N2S/c1-17-9-5-3-2-4-7(9)8-6-10(16-15-8)11(12,13)14/h2-6H,1H3,(H,15,16). The molecule has 0 radical (unpaired) electrons. The van der Waals surface area contributed by atoms with Crippen LogP contribution in [-0.4, -0.2) is 16.5 Å². The second-order valence-corrected chi connectivity index (χ2v) is 4.21. The Morgan fingerprint density at radius 1 is 1.24 bits per heavy atom. The Bertz CT molecular complexity index is 519. The molecule has 0 spiro atoms. The number of hydrogen-bond acceptors (Lipinski definition) is 2. The van der Waals surface area contributed by atoms with E-state index in [4.69, 9.17) is 0 Å². The van der Waals surface area contributed by atoms with Crippen molar-refractivity contribution < 1.29 is 13.2 Å². The van der Waals surface area contributed by atoms with Crippen molar-refractivity contribution in [1.82, 2.24) is 10.2 Å². The first kappa shape index (κ1) is 12.0. The third kappa shape index (κ3) is 2.46. The van der Waals surface area contributed by atoms with Gasteiger partial charge in [0.2, 0.25) is 0 Å². The van der Waals surface area contributed by atoms with E-state index in [0.717, 1.165) is 16.5 Å². The minimum Gasteiger partial charge on any atom is -0.277 e. The molecule has 0 saturated heterocycles. The molecular formula is C11H9F3N2S. The Hall–Kier alpha value is -1.43. The van der Waals surface area contributed by atoms with Crippen LogP contribution in [-0.2, 0) is 6.18 Å². The summed E-state index contributed by atoms with van der Waals surface area (Å²) in [5, 5.41) is 5.70. The van der Waals surface area contributed by atoms with Crippen LogP contribution in [0.4, 0.5) is 13.2 Å². The molecule has 0 aliphatic rings. The highest BCUT2D eigenvalue weighted by Gasteiger charge is 2.34. The minimum atomic E-state index is -4.41. The molecule has 0 amide bonds. The summed E-state index contributed by atoms with van der Waals surface area (Å²) in [5.74, 6) is 0. The SMILES string of the molecule is CSc1ccccc1-c1cc(C(F)(F)F)n[nH]1. The van der Waals surface area contributed by atoms with Crippen LogP contribution >= 0.6 is 11.8 Å². The van der Waals surface area contributed by atoms with E-state index in [1.54, 1.807) is 12.1 Å². The second kappa shape index (κ2) is 4.44. The van der Waals surface area contributed by atoms with Gasteiger partial charge in [0.05, 0.1) is 5.69 Å². The van der Waals surface area contributed by atoms with Crippen LogP contribution in [0.3, 0.4) is 0 Å². The molecule has 1 N–H and O–H groups in total. The number of H-pyrrole nitrogens is 1. The first-order valence-electron chi connectivity index (χ1n) is 4.78. The number of benzene rings is 1. The van der Waals surface area contributed by atoms with Gasteiger partial charge in [-0.3, -0.25) is 5.10 Å². The number of alkyl halides is 3. The number of aromatic nitrogens is 2. The normalized spacial score (nSPS) is 11.8. The number of aromatic amines is 1. The molecule has 17 heavy (non-hydrogen) atoms. The first-order chi connectivity index (χ1) is 8.02. The third-order valence-electron chi connectivity index (χ3n) is 2.27. The predicted molar refractivity (Wildman–Crippen MR) is 60.8 cm³/mol. The maximum Gasteiger partial charge on any atom is 0.435 e. The van der Waals surface area contributed by atoms with Gasteiger partial charge in [0.15, 0.2) is 5.69 Å². The first-order valence-corrected chi connectivity index (χ1v) is 6.01. The van der Waals surface area contributed by atoms with Gasteiger partial charge in [-0.15, -0.1) is 11.8 Å². The van der Waals surface area contributed by atoms with Gasteiger partial charge in [-0.25, -0.2) is 0 Å². The smallest absolute Gasteiger partial charge is 0.277 e. The number of halogens is 3. The van der Waals surface area contributed by atoms with Crippen molar-refractivity contribution in [3.63, 3.8) is 0 Å². The molecule has 0 atom stereocenters. The zero-order valence-corrected chi connectivity index (χ0v) is 9.69. The molecular weight excluding hydrogens is 249 g/mol. The van der Waals surface area contributed by atoms with E-state index in [2.05, 4.69) is 10.2 Å². The van der Waals surface area contributed by atoms with Crippen molar-refractivity contribution in [3.8, 4) is 11.3 Å². The van der Waals surface area contributed by atoms with Crippen molar-refractivity contribution in [2.45, 2.75) is 11.1 Å². The summed E-state index contributed by atoms with van der Waals surface area (Å²) in [4.78, 5) is 0.907. The molecule has 2 rings (SSSR count). The lowest BCUT2D eigenvalue weighted by Crippen LogP contribution is -2.04. The Morgan fingerprint density at radius 2 is 1.94 bits per heavy atom. The number of hydrogen-bond donors (Lipinski definition) is 1. The minimum absolute atomic E-state index is 0.377. The summed E-state index contributed by atoms with van der Waals surface area (Å²) >= 11 is 1.48. The van der Waals surface area contributed by atoms with E-state index in [0.29, 0.717) is 5.69 Å². The number of thioether (sulfide) groups is 1. The zero-order chi connectivity index (χ0) is 12.5. The number of nitrogens with zero attached hydrogens (tertiary/aromatic N) is 1. The van der Waals surface area contributed by atoms with E-state index < -0.39 is 11.9 Å². The maximum atomic E-state index is 12.4. The summed E-state index contributed by atoms with van der Waals surface area (Å²) in [6.45, 7) is 0. The predicted octanol–water partition coefficient (Wildman–Crippen LogP) is 3.82. The van der Waals surface area contributed by atoms with Gasteiger partial charge in [-0.1, -0.05) is 18.2 Å². The van der Waals surface area contributed by atoms with Gasteiger partial charge in [0.1, 0.15) is 0 Å². The van der Waals surface area contributed by atoms with E-state index in [9.17, 15) is 13.2 Å². The van der Waals surface area contributed by atoms with E-state index in [-0.39, 0.29) is 0 Å². The lowest BCUT2D eigenvalue weighted by molar-refractivity contribution is -0.141. The molecule has 0 bridgehead atoms. The van der Waals surface area contributed by atoms with E-state index >= 15 is 0 Å². The molecule has 90 valence electrons. The van der Waals surface area contributed by atoms with Crippen LogP contribution in [0, 0.1) is 0 Å². The second-order valence-electron chi connectivity index (χ2n) is 3.36. The van der Waals surface area contributed by atoms with Crippen LogP contribution in [0.2, 0.25) is 0 Å². The van der Waals surface area contributed by atoms with Crippen LogP contribution in [0.25, 0.3) is 11.3 Å². The average Bonchev–Trinajstić information content (AvgIpc) is 2.77. The number of rotatable bonds is 2. The summed E-state index contributed by atoms with van der Waals surface area (Å²) in [5.41, 5.74) is 0.202. The summed E-state index contributed by atoms with van der Waals surface area (Å²) in [6, 6.07) is 8.27. The van der Waals surface area contributed by atoms with Crippen LogP contribution in [0.1, 0.15) is 5.69 Å². The molecule has 6 heteroatoms. The summed E-state index contributed by atoms with van der Waals surface area (Å²) < 4.78 is 37.2. The summed E-state index contributed by atoms with van der Waals surface area (Å²) in [6.07, 6.45) is -2.54. The Balaban J connectivity index is 2.44. The molecule has 0 aliphatic heterocycles. The lowest BCUT2D eigenvalue weighted by atomic mass is 10.1. The highest BCUT2D eigenvalue weighted by Crippen LogP contribution is 2.33. The highest BCUT2D eigenvalue weighted by molar-refractivity contribution is 7.98. The molecule has 1 aromatic heterocycles. The van der Waals surface area contributed by atoms with Gasteiger partial charge in [-0.05, 0) is 18.4 Å². The largest absolute Gasteiger partial charge is 0.435 e. The fourth-order valence-electron chi connectivity index (χ4n) is 1.47. The lowest BCUT2D eigenvalue weighted by Gasteiger charge is -2.03. The molecule has 0 fully saturated rings. The maximum absolute atomic E-state index is 12.4. The monoisotopic (exact) mass is 258 g/mol. The molecule has 2 nitrogen and oxygen atoms in total. The van der Waals surface area contributed by atoms with Crippen LogP contribution in [0.5, 0.6) is 0 Å². The van der Waals surface area contributed by atoms with Gasteiger partial charge in [0, 0.05) is 10.5 Å². The highest BCUT2D eigenvalue weighted by atomic mass is 32.2. The number of nitrogens with one attached hydrogen (secondary N) is 1. The van der Waals surface area contributed by atoms with Crippen LogP contribution < -0.4 is 0 Å². The van der Waals surface area contributed by atoms with E-state index in [1.165, 1.54) is 11.8 Å². The molecule has 0 saturated carbocycles. The third-order valence-corrected chi connectivity index (χ3v) is 3.06. The molecule has 1 heterocycles. The van der Waals surface area contributed by atoms with Crippen molar-refractivity contribution >= 4 is 11.8 Å². The molecule has 0 aliphatic carbocycles. The van der Waals surface area contributed by atoms with Gasteiger partial charge < -0.3 is 0 Å². The topological polar surface area (TPSA) is 28.7 Å². The van der Waals surface area contributed by atoms with E-state index in [1.807, 2.05) is 18.4 Å². The fraction of sp³-hybridized carbons (Fsp3) is 0.182. The zero-order valence-electron chi connectivity index (χ0n) is 8.88. The molecule has 0 unspecified atom stereocenters. The van der Waals surface area contributed by atoms with Crippen LogP contribution in [0.15, 0.2) is 35.2 Å². The Morgan fingerprint density at radius 3 is 2.53 bits per heavy atom. The van der Waals surface area contributed by atoms with Gasteiger partial charge in [0.25, 0.3) is 0 Å². The van der Waals surface area contributed by atoms with Crippen molar-refractivity contribution in [1.29, 1.82) is 0 Å². The molecule has 2 aromatic rings. The van der Waals surface area contributed by atoms with Gasteiger partial charge >= 0.3 is 6.18 Å². The molecule has 1 aromatic carbocycles. The van der Waals surface area contributed by atoms with Crippen molar-refractivity contribution in [3.05, 3.63) is 36.0 Å².